The van der Waals surface area contributed by atoms with Crippen LogP contribution in [0.25, 0.3) is 0 Å². The van der Waals surface area contributed by atoms with Gasteiger partial charge in [0.15, 0.2) is 0 Å². The average Bonchev–Trinajstić information content (AvgIpc) is 2.52. The maximum absolute atomic E-state index is 9.52. The third kappa shape index (κ3) is 2.35. The zero-order chi connectivity index (χ0) is 11.0. The molecule has 0 spiro atoms. The molecule has 3 heteroatoms. The molecule has 1 saturated heterocycles. The van der Waals surface area contributed by atoms with Crippen LogP contribution in [0.4, 0.5) is 0 Å². The smallest absolute Gasteiger partial charge is 0.0938 e. The Morgan fingerprint density at radius 2 is 1.53 bits per heavy atom. The summed E-state index contributed by atoms with van der Waals surface area (Å²) in [6.07, 6.45) is 2.68. The van der Waals surface area contributed by atoms with Gasteiger partial charge in [0.1, 0.15) is 0 Å². The van der Waals surface area contributed by atoms with Crippen LogP contribution in [-0.2, 0) is 0 Å². The van der Waals surface area contributed by atoms with Crippen molar-refractivity contribution in [2.45, 2.75) is 51.4 Å². The van der Waals surface area contributed by atoms with E-state index in [1.165, 1.54) is 19.3 Å². The Hall–Kier alpha value is -0.120. The minimum Gasteiger partial charge on any atom is -0.389 e. The molecule has 0 aromatic heterocycles. The summed E-state index contributed by atoms with van der Waals surface area (Å²) in [4.78, 5) is 2.28. The van der Waals surface area contributed by atoms with Gasteiger partial charge in [0.2, 0.25) is 0 Å². The first kappa shape index (κ1) is 11.4. The minimum absolute atomic E-state index is 0.528. The van der Waals surface area contributed by atoms with E-state index in [2.05, 4.69) is 18.7 Å². The zero-order valence-electron chi connectivity index (χ0n) is 9.76. The highest BCUT2D eigenvalue weighted by Crippen LogP contribution is 2.33. The number of hydrogen-bond donors (Lipinski definition) is 2. The van der Waals surface area contributed by atoms with Crippen molar-refractivity contribution in [1.29, 1.82) is 0 Å². The Labute approximate surface area is 92.1 Å². The molecule has 3 nitrogen and oxygen atoms in total. The third-order valence-electron chi connectivity index (χ3n) is 4.37. The quantitative estimate of drug-likeness (QED) is 0.678. The molecule has 0 bridgehead atoms. The van der Waals surface area contributed by atoms with E-state index in [-0.39, 0.29) is 0 Å². The van der Waals surface area contributed by atoms with E-state index in [0.717, 1.165) is 11.8 Å². The van der Waals surface area contributed by atoms with Gasteiger partial charge >= 0.3 is 0 Å². The molecule has 1 heterocycles. The molecule has 5 atom stereocenters. The fourth-order valence-electron chi connectivity index (χ4n) is 2.95. The monoisotopic (exact) mass is 213 g/mol. The van der Waals surface area contributed by atoms with Crippen LogP contribution in [-0.4, -0.2) is 46.5 Å². The molecule has 88 valence electrons. The van der Waals surface area contributed by atoms with E-state index in [1.54, 1.807) is 0 Å². The maximum Gasteiger partial charge on any atom is 0.0938 e. The van der Waals surface area contributed by atoms with E-state index in [0.29, 0.717) is 19.1 Å². The Balaban J connectivity index is 1.90. The fourth-order valence-corrected chi connectivity index (χ4v) is 2.95. The molecule has 2 rings (SSSR count). The van der Waals surface area contributed by atoms with E-state index in [9.17, 15) is 10.2 Å². The van der Waals surface area contributed by atoms with Crippen LogP contribution in [0.5, 0.6) is 0 Å². The Morgan fingerprint density at radius 3 is 2.07 bits per heavy atom. The Morgan fingerprint density at radius 1 is 0.933 bits per heavy atom. The van der Waals surface area contributed by atoms with Gasteiger partial charge in [0, 0.05) is 19.1 Å². The highest BCUT2D eigenvalue weighted by molar-refractivity contribution is 4.90. The topological polar surface area (TPSA) is 43.7 Å². The van der Waals surface area contributed by atoms with E-state index < -0.39 is 12.2 Å². The predicted molar refractivity (Wildman–Crippen MR) is 59.6 cm³/mol. The zero-order valence-corrected chi connectivity index (χ0v) is 9.76. The van der Waals surface area contributed by atoms with Crippen molar-refractivity contribution in [2.24, 2.45) is 11.8 Å². The molecule has 1 aliphatic carbocycles. The number of aliphatic hydroxyl groups is 2. The van der Waals surface area contributed by atoms with Gasteiger partial charge in [-0.15, -0.1) is 0 Å². The molecule has 0 radical (unpaired) electrons. The number of likely N-dealkylation sites (tertiary alicyclic amines) is 1. The molecule has 1 aliphatic heterocycles. The molecule has 2 fully saturated rings. The van der Waals surface area contributed by atoms with Crippen LogP contribution in [0.1, 0.15) is 33.1 Å². The van der Waals surface area contributed by atoms with Gasteiger partial charge in [-0.25, -0.2) is 0 Å². The first-order valence-corrected chi connectivity index (χ1v) is 6.18. The molecule has 3 unspecified atom stereocenters. The van der Waals surface area contributed by atoms with Crippen LogP contribution < -0.4 is 0 Å². The lowest BCUT2D eigenvalue weighted by Gasteiger charge is -2.37. The lowest BCUT2D eigenvalue weighted by atomic mass is 9.78. The highest BCUT2D eigenvalue weighted by Gasteiger charge is 2.36. The van der Waals surface area contributed by atoms with Gasteiger partial charge in [-0.3, -0.25) is 4.90 Å². The largest absolute Gasteiger partial charge is 0.389 e. The number of β-amino-alcohol motifs (C(OH)–C–C–N with tert-alkyl or cyclic N) is 2. The number of aliphatic hydroxyl groups excluding tert-OH is 2. The van der Waals surface area contributed by atoms with Crippen molar-refractivity contribution in [1.82, 2.24) is 4.90 Å². The number of nitrogens with zero attached hydrogens (tertiary/aromatic N) is 1. The van der Waals surface area contributed by atoms with Crippen molar-refractivity contribution >= 4 is 0 Å². The molecule has 2 aliphatic rings. The molecular formula is C12H23NO2. The molecular weight excluding hydrogens is 190 g/mol. The normalized spacial score (nSPS) is 48.4. The van der Waals surface area contributed by atoms with Gasteiger partial charge in [0.05, 0.1) is 12.2 Å². The fraction of sp³-hybridized carbons (Fsp3) is 1.00. The summed E-state index contributed by atoms with van der Waals surface area (Å²) in [7, 11) is 0. The molecule has 2 N–H and O–H groups in total. The predicted octanol–water partition coefficient (Wildman–Crippen LogP) is 0.848. The summed E-state index contributed by atoms with van der Waals surface area (Å²) < 4.78 is 0. The van der Waals surface area contributed by atoms with Crippen molar-refractivity contribution in [2.75, 3.05) is 13.1 Å². The summed E-state index contributed by atoms with van der Waals surface area (Å²) in [5.74, 6) is 1.61. The van der Waals surface area contributed by atoms with Crippen molar-refractivity contribution in [3.05, 3.63) is 0 Å². The van der Waals surface area contributed by atoms with Crippen LogP contribution in [0.15, 0.2) is 0 Å². The standard InChI is InChI=1S/C12H23NO2/c1-8-3-4-10(5-9(8)2)13-6-11(14)12(15)7-13/h8-12,14-15H,3-7H2,1-2H3/t8?,9?,10?,11-,12+. The Bertz CT molecular complexity index is 212. The van der Waals surface area contributed by atoms with E-state index in [1.807, 2.05) is 0 Å². The van der Waals surface area contributed by atoms with Crippen molar-refractivity contribution in [3.8, 4) is 0 Å². The van der Waals surface area contributed by atoms with Gasteiger partial charge in [-0.05, 0) is 31.1 Å². The van der Waals surface area contributed by atoms with Crippen molar-refractivity contribution in [3.63, 3.8) is 0 Å². The van der Waals surface area contributed by atoms with E-state index in [4.69, 9.17) is 0 Å². The van der Waals surface area contributed by atoms with Gasteiger partial charge < -0.3 is 10.2 Å². The number of rotatable bonds is 1. The summed E-state index contributed by atoms with van der Waals surface area (Å²) in [6.45, 7) is 5.97. The summed E-state index contributed by atoms with van der Waals surface area (Å²) in [5, 5.41) is 19.0. The molecule has 0 amide bonds. The van der Waals surface area contributed by atoms with Crippen LogP contribution in [0.2, 0.25) is 0 Å². The first-order chi connectivity index (χ1) is 7.08. The summed E-state index contributed by atoms with van der Waals surface area (Å²) >= 11 is 0. The molecule has 15 heavy (non-hydrogen) atoms. The Kier molecular flexibility index (Phi) is 3.33. The molecule has 1 saturated carbocycles. The van der Waals surface area contributed by atoms with E-state index >= 15 is 0 Å². The SMILES string of the molecule is CC1CCC(N2C[C@@H](O)[C@@H](O)C2)CC1C. The number of hydrogen-bond acceptors (Lipinski definition) is 3. The second-order valence-electron chi connectivity index (χ2n) is 5.51. The summed E-state index contributed by atoms with van der Waals surface area (Å²) in [6, 6.07) is 0.586. The lowest BCUT2D eigenvalue weighted by molar-refractivity contribution is 0.0572. The van der Waals surface area contributed by atoms with Crippen LogP contribution in [0, 0.1) is 11.8 Å². The third-order valence-corrected chi connectivity index (χ3v) is 4.37. The molecule has 0 aromatic rings. The van der Waals surface area contributed by atoms with Crippen LogP contribution in [0.3, 0.4) is 0 Å². The highest BCUT2D eigenvalue weighted by atomic mass is 16.3. The lowest BCUT2D eigenvalue weighted by Crippen LogP contribution is -2.39. The second-order valence-corrected chi connectivity index (χ2v) is 5.51. The minimum atomic E-state index is -0.528. The van der Waals surface area contributed by atoms with Gasteiger partial charge in [0.25, 0.3) is 0 Å². The average molecular weight is 213 g/mol. The first-order valence-electron chi connectivity index (χ1n) is 6.18. The van der Waals surface area contributed by atoms with Crippen LogP contribution >= 0.6 is 0 Å². The summed E-state index contributed by atoms with van der Waals surface area (Å²) in [5.41, 5.74) is 0. The maximum atomic E-state index is 9.52. The van der Waals surface area contributed by atoms with Gasteiger partial charge in [-0.2, -0.15) is 0 Å². The van der Waals surface area contributed by atoms with Crippen molar-refractivity contribution < 1.29 is 10.2 Å². The second kappa shape index (κ2) is 4.40. The van der Waals surface area contributed by atoms with Gasteiger partial charge in [-0.1, -0.05) is 13.8 Å². The molecule has 0 aromatic carbocycles.